The van der Waals surface area contributed by atoms with Crippen LogP contribution in [0.25, 0.3) is 0 Å². The fraction of sp³-hybridized carbons (Fsp3) is 0.385. The summed E-state index contributed by atoms with van der Waals surface area (Å²) in [4.78, 5) is 0. The molecular formula is C13H11ClCrO7. The second-order valence-electron chi connectivity index (χ2n) is 2.41. The average Bonchev–Trinajstić information content (AvgIpc) is 2.64. The Balaban J connectivity index is -0.0000000822. The molecule has 22 heavy (non-hydrogen) atoms. The fourth-order valence-electron chi connectivity index (χ4n) is 0.960. The van der Waals surface area contributed by atoms with Crippen LogP contribution in [0.3, 0.4) is 0 Å². The molecular weight excluding hydrogens is 356 g/mol. The minimum atomic E-state index is 0.624. The number of hydrogen-bond donors (Lipinski definition) is 0. The number of rotatable bonds is 3. The Hall–Kier alpha value is -1.11. The molecule has 0 spiro atoms. The first-order valence-corrected chi connectivity index (χ1v) is 5.98. The quantitative estimate of drug-likeness (QED) is 0.559. The fourth-order valence-corrected chi connectivity index (χ4v) is 1.79. The van der Waals surface area contributed by atoms with Crippen molar-refractivity contribution in [3.8, 4) is 0 Å². The molecule has 0 saturated heterocycles. The summed E-state index contributed by atoms with van der Waals surface area (Å²) in [6.45, 7) is 25.8. The van der Waals surface area contributed by atoms with Crippen molar-refractivity contribution in [3.63, 3.8) is 0 Å². The van der Waals surface area contributed by atoms with E-state index in [-0.39, 0.29) is 0 Å². The molecule has 0 bridgehead atoms. The van der Waals surface area contributed by atoms with E-state index in [1.54, 1.807) is 0 Å². The second-order valence-corrected chi connectivity index (χ2v) is 3.44. The molecule has 1 aliphatic rings. The molecule has 118 valence electrons. The van der Waals surface area contributed by atoms with Gasteiger partial charge in [-0.2, -0.15) is 0 Å². The molecule has 1 heterocycles. The molecule has 0 aromatic heterocycles. The topological polar surface area (TPSA) is 118 Å². The maximum atomic E-state index is 7.50. The van der Waals surface area contributed by atoms with Crippen LogP contribution in [-0.2, 0) is 48.6 Å². The van der Waals surface area contributed by atoms with Gasteiger partial charge in [-0.3, -0.25) is 0 Å². The molecule has 0 saturated carbocycles. The van der Waals surface area contributed by atoms with Crippen molar-refractivity contribution in [2.45, 2.75) is 19.8 Å². The third-order valence-corrected chi connectivity index (χ3v) is 2.33. The molecule has 0 N–H and O–H groups in total. The van der Waals surface area contributed by atoms with Crippen molar-refractivity contribution in [3.05, 3.63) is 44.0 Å². The Kier molecular flexibility index (Phi) is 54.7. The number of ether oxygens (including phenoxy) is 2. The van der Waals surface area contributed by atoms with Crippen LogP contribution >= 0.6 is 11.6 Å². The van der Waals surface area contributed by atoms with Gasteiger partial charge in [-0.1, -0.05) is 0 Å². The first-order chi connectivity index (χ1) is 10.8. The zero-order valence-electron chi connectivity index (χ0n) is 11.5. The van der Waals surface area contributed by atoms with Gasteiger partial charge in [0.1, 0.15) is 0 Å². The van der Waals surface area contributed by atoms with Crippen LogP contribution in [0.1, 0.15) is 19.8 Å². The Morgan fingerprint density at radius 1 is 1.09 bits per heavy atom. The monoisotopic (exact) mass is 366 g/mol. The average molecular weight is 367 g/mol. The van der Waals surface area contributed by atoms with Crippen LogP contribution in [0, 0.1) is 33.3 Å². The molecule has 0 aromatic rings. The van der Waals surface area contributed by atoms with Gasteiger partial charge in [0.25, 0.3) is 0 Å². The molecule has 0 atom stereocenters. The van der Waals surface area contributed by atoms with Crippen molar-refractivity contribution in [1.82, 2.24) is 0 Å². The van der Waals surface area contributed by atoms with E-state index in [1.165, 1.54) is 0 Å². The zero-order chi connectivity index (χ0) is 19.0. The Morgan fingerprint density at radius 3 is 1.82 bits per heavy atom. The van der Waals surface area contributed by atoms with Gasteiger partial charge in [0.15, 0.2) is 0 Å². The molecule has 9 heteroatoms. The number of hydrogen-bond acceptors (Lipinski definition) is 2. The Morgan fingerprint density at radius 2 is 1.50 bits per heavy atom. The van der Waals surface area contributed by atoms with E-state index < -0.39 is 0 Å². The molecule has 1 rings (SSSR count). The summed E-state index contributed by atoms with van der Waals surface area (Å²) >= 11 is 8.75. The summed E-state index contributed by atoms with van der Waals surface area (Å²) in [5.41, 5.74) is 0. The second kappa shape index (κ2) is 36.8. The number of halogens is 1. The van der Waals surface area contributed by atoms with E-state index in [2.05, 4.69) is 49.1 Å². The summed E-state index contributed by atoms with van der Waals surface area (Å²) in [6, 6.07) is 0. The summed E-state index contributed by atoms with van der Waals surface area (Å²) in [5.74, 6) is 0.685. The predicted molar refractivity (Wildman–Crippen MR) is 64.3 cm³/mol. The SMILES string of the molecule is CCO[C](=[Cr])C1=C(Cl)CCCO1.[C-]#[O+].[C-]#[O+].[C-]#[O+].[C-]#[O+].[C-]#[O+]. The van der Waals surface area contributed by atoms with Gasteiger partial charge >= 0.3 is 142 Å². The molecule has 0 unspecified atom stereocenters. The predicted octanol–water partition coefficient (Wildman–Crippen LogP) is 1.77. The summed E-state index contributed by atoms with van der Waals surface area (Å²) in [6.07, 6.45) is 1.87. The molecule has 0 fully saturated rings. The van der Waals surface area contributed by atoms with Crippen molar-refractivity contribution >= 4 is 16.2 Å². The normalized spacial score (nSPS) is 10.0. The van der Waals surface area contributed by atoms with E-state index in [1.807, 2.05) is 6.92 Å². The Bertz CT molecular complexity index is 359. The maximum absolute atomic E-state index is 7.50. The molecule has 7 nitrogen and oxygen atoms in total. The van der Waals surface area contributed by atoms with E-state index in [0.29, 0.717) is 16.9 Å². The number of allylic oxidation sites excluding steroid dienone is 1. The van der Waals surface area contributed by atoms with Gasteiger partial charge in [0.05, 0.1) is 0 Å². The summed E-state index contributed by atoms with van der Waals surface area (Å²) in [7, 11) is 0. The first-order valence-electron chi connectivity index (χ1n) is 4.96. The molecule has 0 amide bonds. The molecule has 0 aliphatic carbocycles. The van der Waals surface area contributed by atoms with Crippen molar-refractivity contribution < 1.29 is 48.6 Å². The third-order valence-electron chi connectivity index (χ3n) is 1.49. The third kappa shape index (κ3) is 21.2. The zero-order valence-corrected chi connectivity index (χ0v) is 13.5. The van der Waals surface area contributed by atoms with Gasteiger partial charge in [-0.15, -0.1) is 0 Å². The summed E-state index contributed by atoms with van der Waals surface area (Å²) in [5, 5.41) is 0.753. The van der Waals surface area contributed by atoms with Crippen LogP contribution in [0.15, 0.2) is 10.8 Å². The van der Waals surface area contributed by atoms with Crippen molar-refractivity contribution in [1.29, 1.82) is 0 Å². The van der Waals surface area contributed by atoms with Gasteiger partial charge in [-0.05, 0) is 0 Å². The first kappa shape index (κ1) is 32.7. The van der Waals surface area contributed by atoms with Crippen LogP contribution < -0.4 is 0 Å². The Labute approximate surface area is 142 Å². The van der Waals surface area contributed by atoms with Crippen LogP contribution in [0.5, 0.6) is 0 Å². The van der Waals surface area contributed by atoms with E-state index in [0.717, 1.165) is 24.5 Å². The van der Waals surface area contributed by atoms with Gasteiger partial charge < -0.3 is 0 Å². The van der Waals surface area contributed by atoms with E-state index in [4.69, 9.17) is 44.3 Å². The molecule has 1 aliphatic heterocycles. The standard InChI is InChI=1S/C8H11ClO2.5CO.Cr/c1-2-10-6-8-7(9)4-3-5-11-8;5*1-2;/h2-5H2,1H3;;;;;;. The molecule has 0 radical (unpaired) electrons. The van der Waals surface area contributed by atoms with Crippen molar-refractivity contribution in [2.24, 2.45) is 0 Å². The van der Waals surface area contributed by atoms with Crippen LogP contribution in [0.4, 0.5) is 0 Å². The summed E-state index contributed by atoms with van der Waals surface area (Å²) < 4.78 is 48.8. The van der Waals surface area contributed by atoms with Crippen LogP contribution in [-0.4, -0.2) is 17.8 Å². The van der Waals surface area contributed by atoms with Gasteiger partial charge in [-0.25, -0.2) is 0 Å². The minimum absolute atomic E-state index is 0.624. The molecule has 0 aromatic carbocycles. The van der Waals surface area contributed by atoms with Gasteiger partial charge in [0.2, 0.25) is 0 Å². The van der Waals surface area contributed by atoms with E-state index >= 15 is 0 Å². The van der Waals surface area contributed by atoms with Crippen molar-refractivity contribution in [2.75, 3.05) is 13.2 Å². The van der Waals surface area contributed by atoms with Crippen LogP contribution in [0.2, 0.25) is 0 Å². The van der Waals surface area contributed by atoms with Gasteiger partial charge in [0, 0.05) is 0 Å². The van der Waals surface area contributed by atoms with E-state index in [9.17, 15) is 0 Å².